The summed E-state index contributed by atoms with van der Waals surface area (Å²) in [6.07, 6.45) is 2.16. The first-order chi connectivity index (χ1) is 13.0. The maximum atomic E-state index is 13.0. The topological polar surface area (TPSA) is 37.6 Å². The SMILES string of the molecule is C[NH+](C)CCCN(C(=O)CCc1ccccc1)c1nc2ccc(Cl)cc2s1. The van der Waals surface area contributed by atoms with E-state index in [0.29, 0.717) is 18.0 Å². The number of carbonyl (C=O) groups excluding carboxylic acids is 1. The van der Waals surface area contributed by atoms with Gasteiger partial charge in [-0.2, -0.15) is 0 Å². The molecule has 1 heterocycles. The Bertz CT molecular complexity index is 895. The maximum absolute atomic E-state index is 13.0. The highest BCUT2D eigenvalue weighted by Crippen LogP contribution is 2.31. The van der Waals surface area contributed by atoms with Crippen LogP contribution < -0.4 is 9.80 Å². The molecule has 0 aliphatic rings. The van der Waals surface area contributed by atoms with Gasteiger partial charge in [0.05, 0.1) is 30.9 Å². The van der Waals surface area contributed by atoms with E-state index in [1.807, 2.05) is 41.3 Å². The maximum Gasteiger partial charge on any atom is 0.229 e. The van der Waals surface area contributed by atoms with Crippen molar-refractivity contribution in [2.45, 2.75) is 19.3 Å². The zero-order valence-corrected chi connectivity index (χ0v) is 17.3. The number of rotatable bonds is 8. The number of benzene rings is 2. The number of thiazole rings is 1. The Morgan fingerprint density at radius 1 is 1.19 bits per heavy atom. The molecule has 0 unspecified atom stereocenters. The third-order valence-electron chi connectivity index (χ3n) is 4.40. The molecular formula is C21H25ClN3OS+. The van der Waals surface area contributed by atoms with E-state index in [2.05, 4.69) is 31.2 Å². The van der Waals surface area contributed by atoms with E-state index in [0.717, 1.165) is 34.7 Å². The summed E-state index contributed by atoms with van der Waals surface area (Å²) in [7, 11) is 4.25. The number of amides is 1. The van der Waals surface area contributed by atoms with Crippen LogP contribution in [0.25, 0.3) is 10.2 Å². The van der Waals surface area contributed by atoms with Crippen molar-refractivity contribution < 1.29 is 9.69 Å². The van der Waals surface area contributed by atoms with Gasteiger partial charge in [0.1, 0.15) is 0 Å². The van der Waals surface area contributed by atoms with Gasteiger partial charge in [0.25, 0.3) is 0 Å². The summed E-state index contributed by atoms with van der Waals surface area (Å²) in [4.78, 5) is 20.9. The summed E-state index contributed by atoms with van der Waals surface area (Å²) in [6, 6.07) is 15.8. The molecule has 3 rings (SSSR count). The molecular weight excluding hydrogens is 378 g/mol. The van der Waals surface area contributed by atoms with Gasteiger partial charge >= 0.3 is 0 Å². The predicted octanol–water partition coefficient (Wildman–Crippen LogP) is 3.45. The quantitative estimate of drug-likeness (QED) is 0.626. The first kappa shape index (κ1) is 19.8. The van der Waals surface area contributed by atoms with Gasteiger partial charge in [-0.05, 0) is 30.2 Å². The Morgan fingerprint density at radius 2 is 1.96 bits per heavy atom. The van der Waals surface area contributed by atoms with Crippen LogP contribution in [0.2, 0.25) is 5.02 Å². The molecule has 1 amide bonds. The molecule has 0 aliphatic carbocycles. The van der Waals surface area contributed by atoms with Crippen molar-refractivity contribution in [1.82, 2.24) is 4.98 Å². The normalized spacial score (nSPS) is 11.3. The van der Waals surface area contributed by atoms with Crippen molar-refractivity contribution in [2.24, 2.45) is 0 Å². The molecule has 0 aliphatic heterocycles. The van der Waals surface area contributed by atoms with Crippen molar-refractivity contribution in [3.05, 3.63) is 59.1 Å². The molecule has 0 saturated heterocycles. The van der Waals surface area contributed by atoms with E-state index >= 15 is 0 Å². The minimum Gasteiger partial charge on any atom is -0.340 e. The van der Waals surface area contributed by atoms with Gasteiger partial charge in [-0.1, -0.05) is 53.3 Å². The lowest BCUT2D eigenvalue weighted by molar-refractivity contribution is -0.858. The lowest BCUT2D eigenvalue weighted by Crippen LogP contribution is -3.05. The molecule has 0 saturated carbocycles. The molecule has 4 nitrogen and oxygen atoms in total. The van der Waals surface area contributed by atoms with Crippen LogP contribution in [-0.2, 0) is 11.2 Å². The molecule has 2 aromatic carbocycles. The minimum absolute atomic E-state index is 0.123. The Morgan fingerprint density at radius 3 is 2.70 bits per heavy atom. The third-order valence-corrected chi connectivity index (χ3v) is 5.68. The number of fused-ring (bicyclic) bond motifs is 1. The van der Waals surface area contributed by atoms with Gasteiger partial charge in [-0.3, -0.25) is 9.69 Å². The van der Waals surface area contributed by atoms with Crippen LogP contribution in [0.3, 0.4) is 0 Å². The molecule has 6 heteroatoms. The van der Waals surface area contributed by atoms with Crippen LogP contribution >= 0.6 is 22.9 Å². The van der Waals surface area contributed by atoms with Gasteiger partial charge in [-0.25, -0.2) is 4.98 Å². The number of hydrogen-bond acceptors (Lipinski definition) is 3. The monoisotopic (exact) mass is 402 g/mol. The average Bonchev–Trinajstić information content (AvgIpc) is 3.06. The van der Waals surface area contributed by atoms with Crippen LogP contribution in [0.4, 0.5) is 5.13 Å². The van der Waals surface area contributed by atoms with Crippen molar-refractivity contribution in [3.63, 3.8) is 0 Å². The number of aromatic nitrogens is 1. The highest BCUT2D eigenvalue weighted by Gasteiger charge is 2.20. The summed E-state index contributed by atoms with van der Waals surface area (Å²) in [5.41, 5.74) is 2.07. The molecule has 0 spiro atoms. The van der Waals surface area contributed by atoms with Crippen LogP contribution in [-0.4, -0.2) is 38.1 Å². The summed E-state index contributed by atoms with van der Waals surface area (Å²) in [5.74, 6) is 0.123. The van der Waals surface area contributed by atoms with Gasteiger partial charge in [-0.15, -0.1) is 0 Å². The number of hydrogen-bond donors (Lipinski definition) is 1. The summed E-state index contributed by atoms with van der Waals surface area (Å²) in [6.45, 7) is 1.70. The third kappa shape index (κ3) is 5.51. The van der Waals surface area contributed by atoms with Crippen LogP contribution in [0.1, 0.15) is 18.4 Å². The Balaban J connectivity index is 1.77. The minimum atomic E-state index is 0.123. The van der Waals surface area contributed by atoms with E-state index in [9.17, 15) is 4.79 Å². The number of anilines is 1. The van der Waals surface area contributed by atoms with Crippen molar-refractivity contribution >= 4 is 44.2 Å². The lowest BCUT2D eigenvalue weighted by atomic mass is 10.1. The first-order valence-corrected chi connectivity index (χ1v) is 10.4. The van der Waals surface area contributed by atoms with Crippen LogP contribution in [0.5, 0.6) is 0 Å². The van der Waals surface area contributed by atoms with Gasteiger partial charge in [0, 0.05) is 24.4 Å². The number of quaternary nitrogens is 1. The zero-order valence-electron chi connectivity index (χ0n) is 15.7. The fourth-order valence-electron chi connectivity index (χ4n) is 2.95. The molecule has 0 fully saturated rings. The van der Waals surface area contributed by atoms with E-state index < -0.39 is 0 Å². The van der Waals surface area contributed by atoms with Crippen molar-refractivity contribution in [3.8, 4) is 0 Å². The molecule has 0 bridgehead atoms. The van der Waals surface area contributed by atoms with Gasteiger partial charge in [0.15, 0.2) is 5.13 Å². The smallest absolute Gasteiger partial charge is 0.229 e. The second-order valence-corrected chi connectivity index (χ2v) is 8.40. The highest BCUT2D eigenvalue weighted by atomic mass is 35.5. The Hall–Kier alpha value is -1.95. The van der Waals surface area contributed by atoms with Crippen LogP contribution in [0.15, 0.2) is 48.5 Å². The van der Waals surface area contributed by atoms with Gasteiger partial charge < -0.3 is 4.90 Å². The summed E-state index contributed by atoms with van der Waals surface area (Å²) < 4.78 is 1.01. The zero-order chi connectivity index (χ0) is 19.2. The van der Waals surface area contributed by atoms with Crippen LogP contribution in [0, 0.1) is 0 Å². The summed E-state index contributed by atoms with van der Waals surface area (Å²) in [5, 5.41) is 1.45. The Labute approximate surface area is 169 Å². The number of carbonyl (C=O) groups is 1. The number of aryl methyl sites for hydroxylation is 1. The number of nitrogens with zero attached hydrogens (tertiary/aromatic N) is 2. The number of nitrogens with one attached hydrogen (secondary N) is 1. The molecule has 27 heavy (non-hydrogen) atoms. The van der Waals surface area contributed by atoms with E-state index in [1.54, 1.807) is 0 Å². The Kier molecular flexibility index (Phi) is 6.83. The van der Waals surface area contributed by atoms with Crippen molar-refractivity contribution in [2.75, 3.05) is 32.1 Å². The fourth-order valence-corrected chi connectivity index (χ4v) is 4.24. The second-order valence-electron chi connectivity index (χ2n) is 6.95. The van der Waals surface area contributed by atoms with Gasteiger partial charge in [0.2, 0.25) is 5.91 Å². The lowest BCUT2D eigenvalue weighted by Gasteiger charge is -2.20. The summed E-state index contributed by atoms with van der Waals surface area (Å²) >= 11 is 7.63. The number of halogens is 1. The predicted molar refractivity (Wildman–Crippen MR) is 114 cm³/mol. The van der Waals surface area contributed by atoms with E-state index in [-0.39, 0.29) is 5.91 Å². The molecule has 0 atom stereocenters. The van der Waals surface area contributed by atoms with E-state index in [1.165, 1.54) is 21.8 Å². The second kappa shape index (κ2) is 9.31. The highest BCUT2D eigenvalue weighted by molar-refractivity contribution is 7.22. The molecule has 0 radical (unpaired) electrons. The largest absolute Gasteiger partial charge is 0.340 e. The molecule has 142 valence electrons. The fraction of sp³-hybridized carbons (Fsp3) is 0.333. The molecule has 1 aromatic heterocycles. The van der Waals surface area contributed by atoms with Crippen molar-refractivity contribution in [1.29, 1.82) is 0 Å². The standard InChI is InChI=1S/C21H24ClN3OS/c1-24(2)13-6-14-25(20(26)12-9-16-7-4-3-5-8-16)21-23-18-11-10-17(22)15-19(18)27-21/h3-5,7-8,10-11,15H,6,9,12-14H2,1-2H3/p+1. The average molecular weight is 403 g/mol. The molecule has 3 aromatic rings. The first-order valence-electron chi connectivity index (χ1n) is 9.22. The molecule has 1 N–H and O–H groups in total. The van der Waals surface area contributed by atoms with E-state index in [4.69, 9.17) is 11.6 Å².